The van der Waals surface area contributed by atoms with Crippen LogP contribution < -0.4 is 5.32 Å². The van der Waals surface area contributed by atoms with Crippen molar-refractivity contribution in [1.29, 1.82) is 0 Å². The summed E-state index contributed by atoms with van der Waals surface area (Å²) >= 11 is 0. The molecule has 0 spiro atoms. The lowest BCUT2D eigenvalue weighted by molar-refractivity contribution is 0.335. The van der Waals surface area contributed by atoms with Gasteiger partial charge in [0.15, 0.2) is 5.82 Å². The van der Waals surface area contributed by atoms with Crippen LogP contribution in [0.15, 0.2) is 4.52 Å². The van der Waals surface area contributed by atoms with Gasteiger partial charge in [-0.2, -0.15) is 4.98 Å². The molecule has 3 rings (SSSR count). The molecule has 0 radical (unpaired) electrons. The van der Waals surface area contributed by atoms with E-state index in [2.05, 4.69) is 36.2 Å². The zero-order valence-corrected chi connectivity index (χ0v) is 10.2. The van der Waals surface area contributed by atoms with Crippen molar-refractivity contribution in [2.45, 2.75) is 39.0 Å². The van der Waals surface area contributed by atoms with Crippen LogP contribution in [0.25, 0.3) is 0 Å². The van der Waals surface area contributed by atoms with Gasteiger partial charge in [0.1, 0.15) is 0 Å². The summed E-state index contributed by atoms with van der Waals surface area (Å²) in [6, 6.07) is 0. The molecule has 1 aliphatic heterocycles. The molecular weight excluding hydrogens is 202 g/mol. The Kier molecular flexibility index (Phi) is 2.11. The van der Waals surface area contributed by atoms with E-state index >= 15 is 0 Å². The maximum absolute atomic E-state index is 5.41. The number of hydrogen-bond acceptors (Lipinski definition) is 4. The number of nitrogens with zero attached hydrogens (tertiary/aromatic N) is 2. The minimum atomic E-state index is 0.376. The van der Waals surface area contributed by atoms with Crippen LogP contribution in [0.1, 0.15) is 50.7 Å². The minimum Gasteiger partial charge on any atom is -0.339 e. The molecule has 3 atom stereocenters. The Balaban J connectivity index is 1.78. The summed E-state index contributed by atoms with van der Waals surface area (Å²) in [6.07, 6.45) is 1.18. The van der Waals surface area contributed by atoms with E-state index in [0.29, 0.717) is 23.2 Å². The van der Waals surface area contributed by atoms with Gasteiger partial charge in [-0.05, 0) is 24.3 Å². The van der Waals surface area contributed by atoms with Crippen LogP contribution in [0.2, 0.25) is 0 Å². The maximum Gasteiger partial charge on any atom is 0.231 e. The monoisotopic (exact) mass is 221 g/mol. The molecule has 3 unspecified atom stereocenters. The SMILES string of the molecule is CC1CNCC1c1nc(C2CC2(C)C)no1. The molecule has 0 amide bonds. The summed E-state index contributed by atoms with van der Waals surface area (Å²) in [5.74, 6) is 3.26. The molecule has 2 aliphatic rings. The molecule has 1 aliphatic carbocycles. The normalized spacial score (nSPS) is 36.6. The quantitative estimate of drug-likeness (QED) is 0.828. The minimum absolute atomic E-state index is 0.376. The standard InChI is InChI=1S/C12H19N3O/c1-7-5-13-6-8(7)11-14-10(15-16-11)9-4-12(9,2)3/h7-9,13H,4-6H2,1-3H3. The highest BCUT2D eigenvalue weighted by Crippen LogP contribution is 2.57. The Morgan fingerprint density at radius 1 is 1.38 bits per heavy atom. The van der Waals surface area contributed by atoms with Crippen molar-refractivity contribution in [3.8, 4) is 0 Å². The molecule has 1 N–H and O–H groups in total. The van der Waals surface area contributed by atoms with E-state index in [4.69, 9.17) is 4.52 Å². The molecule has 0 bridgehead atoms. The van der Waals surface area contributed by atoms with Crippen molar-refractivity contribution in [2.75, 3.05) is 13.1 Å². The van der Waals surface area contributed by atoms with Gasteiger partial charge in [-0.3, -0.25) is 0 Å². The largest absolute Gasteiger partial charge is 0.339 e. The van der Waals surface area contributed by atoms with Crippen molar-refractivity contribution in [1.82, 2.24) is 15.5 Å². The van der Waals surface area contributed by atoms with Crippen molar-refractivity contribution in [2.24, 2.45) is 11.3 Å². The van der Waals surface area contributed by atoms with E-state index in [0.717, 1.165) is 24.8 Å². The van der Waals surface area contributed by atoms with E-state index in [1.54, 1.807) is 0 Å². The third kappa shape index (κ3) is 1.56. The van der Waals surface area contributed by atoms with Gasteiger partial charge in [-0.25, -0.2) is 0 Å². The van der Waals surface area contributed by atoms with Gasteiger partial charge < -0.3 is 9.84 Å². The van der Waals surface area contributed by atoms with Gasteiger partial charge in [-0.1, -0.05) is 25.9 Å². The summed E-state index contributed by atoms with van der Waals surface area (Å²) in [5.41, 5.74) is 0.376. The van der Waals surface area contributed by atoms with Crippen LogP contribution >= 0.6 is 0 Å². The molecule has 4 heteroatoms. The number of rotatable bonds is 2. The van der Waals surface area contributed by atoms with Crippen molar-refractivity contribution >= 4 is 0 Å². The zero-order valence-electron chi connectivity index (χ0n) is 10.2. The lowest BCUT2D eigenvalue weighted by Gasteiger charge is -2.07. The van der Waals surface area contributed by atoms with Gasteiger partial charge in [0.2, 0.25) is 5.89 Å². The lowest BCUT2D eigenvalue weighted by Crippen LogP contribution is -2.08. The Bertz CT molecular complexity index is 399. The average Bonchev–Trinajstić information content (AvgIpc) is 2.67. The fraction of sp³-hybridized carbons (Fsp3) is 0.833. The van der Waals surface area contributed by atoms with Gasteiger partial charge in [-0.15, -0.1) is 0 Å². The first-order chi connectivity index (χ1) is 7.58. The van der Waals surface area contributed by atoms with Crippen LogP contribution in [0, 0.1) is 11.3 Å². The van der Waals surface area contributed by atoms with Crippen molar-refractivity contribution < 1.29 is 4.52 Å². The highest BCUT2D eigenvalue weighted by atomic mass is 16.5. The van der Waals surface area contributed by atoms with Crippen LogP contribution in [0.4, 0.5) is 0 Å². The molecule has 88 valence electrons. The first kappa shape index (κ1) is 10.3. The van der Waals surface area contributed by atoms with Crippen LogP contribution in [0.5, 0.6) is 0 Å². The van der Waals surface area contributed by atoms with Gasteiger partial charge in [0.05, 0.1) is 5.92 Å². The second kappa shape index (κ2) is 3.29. The Morgan fingerprint density at radius 2 is 2.12 bits per heavy atom. The molecule has 16 heavy (non-hydrogen) atoms. The smallest absolute Gasteiger partial charge is 0.231 e. The van der Waals surface area contributed by atoms with Gasteiger partial charge in [0.25, 0.3) is 0 Å². The van der Waals surface area contributed by atoms with Gasteiger partial charge >= 0.3 is 0 Å². The van der Waals surface area contributed by atoms with E-state index in [9.17, 15) is 0 Å². The summed E-state index contributed by atoms with van der Waals surface area (Å²) in [4.78, 5) is 4.58. The van der Waals surface area contributed by atoms with Crippen LogP contribution in [-0.4, -0.2) is 23.2 Å². The summed E-state index contributed by atoms with van der Waals surface area (Å²) in [6.45, 7) is 8.77. The first-order valence-corrected chi connectivity index (χ1v) is 6.12. The maximum atomic E-state index is 5.41. The second-order valence-corrected chi connectivity index (χ2v) is 5.98. The van der Waals surface area contributed by atoms with E-state index in [1.807, 2.05) is 0 Å². The fourth-order valence-electron chi connectivity index (χ4n) is 2.59. The lowest BCUT2D eigenvalue weighted by atomic mass is 9.98. The molecule has 2 fully saturated rings. The van der Waals surface area contributed by atoms with Gasteiger partial charge in [0, 0.05) is 12.5 Å². The number of aromatic nitrogens is 2. The molecule has 1 aromatic heterocycles. The summed E-state index contributed by atoms with van der Waals surface area (Å²) < 4.78 is 5.41. The molecular formula is C12H19N3O. The average molecular weight is 221 g/mol. The second-order valence-electron chi connectivity index (χ2n) is 5.98. The molecule has 2 heterocycles. The van der Waals surface area contributed by atoms with Crippen molar-refractivity contribution in [3.05, 3.63) is 11.7 Å². The van der Waals surface area contributed by atoms with Crippen LogP contribution in [-0.2, 0) is 0 Å². The predicted molar refractivity (Wildman–Crippen MR) is 60.2 cm³/mol. The summed E-state index contributed by atoms with van der Waals surface area (Å²) in [7, 11) is 0. The number of nitrogens with one attached hydrogen (secondary N) is 1. The first-order valence-electron chi connectivity index (χ1n) is 6.12. The molecule has 4 nitrogen and oxygen atoms in total. The Hall–Kier alpha value is -0.900. The molecule has 1 aromatic rings. The fourth-order valence-corrected chi connectivity index (χ4v) is 2.59. The van der Waals surface area contributed by atoms with E-state index in [-0.39, 0.29) is 0 Å². The zero-order chi connectivity index (χ0) is 11.3. The highest BCUT2D eigenvalue weighted by Gasteiger charge is 2.49. The molecule has 1 saturated carbocycles. The van der Waals surface area contributed by atoms with E-state index < -0.39 is 0 Å². The molecule has 0 aromatic carbocycles. The Morgan fingerprint density at radius 3 is 2.69 bits per heavy atom. The Labute approximate surface area is 95.8 Å². The van der Waals surface area contributed by atoms with E-state index in [1.165, 1.54) is 6.42 Å². The topological polar surface area (TPSA) is 51.0 Å². The predicted octanol–water partition coefficient (Wildman–Crippen LogP) is 1.91. The molecule has 1 saturated heterocycles. The third-order valence-electron chi connectivity index (χ3n) is 4.12. The van der Waals surface area contributed by atoms with Crippen molar-refractivity contribution in [3.63, 3.8) is 0 Å². The third-order valence-corrected chi connectivity index (χ3v) is 4.12. The highest BCUT2D eigenvalue weighted by molar-refractivity contribution is 5.15. The van der Waals surface area contributed by atoms with Crippen LogP contribution in [0.3, 0.4) is 0 Å². The summed E-state index contributed by atoms with van der Waals surface area (Å²) in [5, 5.41) is 7.50. The number of hydrogen-bond donors (Lipinski definition) is 1.